The van der Waals surface area contributed by atoms with Gasteiger partial charge in [-0.2, -0.15) is 20.4 Å². The molecule has 0 fully saturated rings. The Bertz CT molecular complexity index is 513. The van der Waals surface area contributed by atoms with Crippen molar-refractivity contribution in [1.29, 1.82) is 0 Å². The number of aromatic amines is 1. The quantitative estimate of drug-likeness (QED) is 0.834. The molecule has 0 bridgehead atoms. The highest BCUT2D eigenvalue weighted by molar-refractivity contribution is 5.44. The highest BCUT2D eigenvalue weighted by Gasteiger charge is 2.24. The molecular formula is C13H22N6O. The SMILES string of the molecule is CC(C)(C)C(CCN)CCc1nc(-c2cn[nH]n2)no1. The Morgan fingerprint density at radius 3 is 2.75 bits per heavy atom. The first-order valence-electron chi connectivity index (χ1n) is 6.89. The van der Waals surface area contributed by atoms with E-state index < -0.39 is 0 Å². The van der Waals surface area contributed by atoms with Crippen molar-refractivity contribution in [3.05, 3.63) is 12.1 Å². The first-order valence-corrected chi connectivity index (χ1v) is 6.89. The number of rotatable bonds is 6. The van der Waals surface area contributed by atoms with Crippen molar-refractivity contribution < 1.29 is 4.52 Å². The first kappa shape index (κ1) is 14.6. The van der Waals surface area contributed by atoms with Gasteiger partial charge in [-0.1, -0.05) is 25.9 Å². The van der Waals surface area contributed by atoms with Crippen LogP contribution >= 0.6 is 0 Å². The van der Waals surface area contributed by atoms with Crippen LogP contribution in [0, 0.1) is 11.3 Å². The third-order valence-electron chi connectivity index (χ3n) is 3.56. The average molecular weight is 278 g/mol. The van der Waals surface area contributed by atoms with Crippen LogP contribution in [0.3, 0.4) is 0 Å². The van der Waals surface area contributed by atoms with Crippen LogP contribution in [0.5, 0.6) is 0 Å². The molecular weight excluding hydrogens is 256 g/mol. The van der Waals surface area contributed by atoms with Crippen molar-refractivity contribution in [2.45, 2.75) is 40.0 Å². The molecule has 1 unspecified atom stereocenters. The Balaban J connectivity index is 1.97. The van der Waals surface area contributed by atoms with E-state index in [1.54, 1.807) is 6.20 Å². The molecule has 2 heterocycles. The molecule has 7 nitrogen and oxygen atoms in total. The molecule has 2 aromatic rings. The topological polar surface area (TPSA) is 107 Å². The van der Waals surface area contributed by atoms with Gasteiger partial charge in [0, 0.05) is 6.42 Å². The van der Waals surface area contributed by atoms with Gasteiger partial charge < -0.3 is 10.3 Å². The van der Waals surface area contributed by atoms with Gasteiger partial charge in [-0.15, -0.1) is 0 Å². The molecule has 0 aliphatic rings. The number of hydrogen-bond acceptors (Lipinski definition) is 6. The predicted molar refractivity (Wildman–Crippen MR) is 74.6 cm³/mol. The van der Waals surface area contributed by atoms with Crippen molar-refractivity contribution in [3.8, 4) is 11.5 Å². The largest absolute Gasteiger partial charge is 0.339 e. The van der Waals surface area contributed by atoms with Gasteiger partial charge in [0.15, 0.2) is 5.69 Å². The first-order chi connectivity index (χ1) is 9.50. The zero-order valence-electron chi connectivity index (χ0n) is 12.3. The molecule has 1 atom stereocenters. The van der Waals surface area contributed by atoms with Crippen LogP contribution in [0.4, 0.5) is 0 Å². The molecule has 20 heavy (non-hydrogen) atoms. The number of hydrogen-bond donors (Lipinski definition) is 2. The standard InChI is InChI=1S/C13H22N6O/c1-13(2,3)9(6-7-14)4-5-11-16-12(18-20-11)10-8-15-19-17-10/h8-9H,4-7,14H2,1-3H3,(H,15,17,19). The minimum atomic E-state index is 0.230. The molecule has 2 aromatic heterocycles. The molecule has 0 spiro atoms. The highest BCUT2D eigenvalue weighted by atomic mass is 16.5. The molecule has 110 valence electrons. The number of aromatic nitrogens is 5. The molecule has 0 aliphatic carbocycles. The van der Waals surface area contributed by atoms with Crippen LogP contribution in [0.1, 0.15) is 39.5 Å². The van der Waals surface area contributed by atoms with Gasteiger partial charge in [0.25, 0.3) is 0 Å². The van der Waals surface area contributed by atoms with E-state index in [0.29, 0.717) is 29.9 Å². The molecule has 0 amide bonds. The summed E-state index contributed by atoms with van der Waals surface area (Å²) in [5.41, 5.74) is 6.52. The third-order valence-corrected chi connectivity index (χ3v) is 3.56. The van der Waals surface area contributed by atoms with Crippen molar-refractivity contribution >= 4 is 0 Å². The van der Waals surface area contributed by atoms with Gasteiger partial charge in [-0.3, -0.25) is 0 Å². The minimum Gasteiger partial charge on any atom is -0.339 e. The Hall–Kier alpha value is -1.76. The zero-order chi connectivity index (χ0) is 14.6. The fraction of sp³-hybridized carbons (Fsp3) is 0.692. The van der Waals surface area contributed by atoms with Crippen LogP contribution in [-0.2, 0) is 6.42 Å². The highest BCUT2D eigenvalue weighted by Crippen LogP contribution is 2.32. The lowest BCUT2D eigenvalue weighted by atomic mass is 9.76. The van der Waals surface area contributed by atoms with E-state index >= 15 is 0 Å². The Labute approximate surface area is 118 Å². The van der Waals surface area contributed by atoms with Crippen LogP contribution in [0.2, 0.25) is 0 Å². The molecule has 7 heteroatoms. The third kappa shape index (κ3) is 3.63. The Morgan fingerprint density at radius 2 is 2.15 bits per heavy atom. The zero-order valence-corrected chi connectivity index (χ0v) is 12.3. The monoisotopic (exact) mass is 278 g/mol. The summed E-state index contributed by atoms with van der Waals surface area (Å²) in [7, 11) is 0. The second-order valence-electron chi connectivity index (χ2n) is 6.05. The van der Waals surface area contributed by atoms with E-state index in [0.717, 1.165) is 19.3 Å². The number of nitrogens with two attached hydrogens (primary N) is 1. The van der Waals surface area contributed by atoms with Gasteiger partial charge in [0.2, 0.25) is 11.7 Å². The second-order valence-corrected chi connectivity index (χ2v) is 6.05. The van der Waals surface area contributed by atoms with E-state index in [9.17, 15) is 0 Å². The summed E-state index contributed by atoms with van der Waals surface area (Å²) in [6.45, 7) is 7.42. The lowest BCUT2D eigenvalue weighted by Gasteiger charge is -2.30. The van der Waals surface area contributed by atoms with Gasteiger partial charge in [0.05, 0.1) is 6.20 Å². The van der Waals surface area contributed by atoms with Gasteiger partial charge in [0.1, 0.15) is 0 Å². The van der Waals surface area contributed by atoms with E-state index in [2.05, 4.69) is 46.3 Å². The molecule has 2 rings (SSSR count). The number of H-pyrrole nitrogens is 1. The second kappa shape index (κ2) is 6.13. The lowest BCUT2D eigenvalue weighted by Crippen LogP contribution is -2.24. The van der Waals surface area contributed by atoms with Crippen LogP contribution in [0.15, 0.2) is 10.7 Å². The normalized spacial score (nSPS) is 13.6. The maximum absolute atomic E-state index is 5.69. The lowest BCUT2D eigenvalue weighted by molar-refractivity contribution is 0.208. The number of nitrogens with zero attached hydrogens (tertiary/aromatic N) is 4. The average Bonchev–Trinajstić information content (AvgIpc) is 3.03. The van der Waals surface area contributed by atoms with E-state index in [4.69, 9.17) is 10.3 Å². The van der Waals surface area contributed by atoms with E-state index in [1.807, 2.05) is 0 Å². The van der Waals surface area contributed by atoms with Crippen molar-refractivity contribution in [2.75, 3.05) is 6.54 Å². The maximum Gasteiger partial charge on any atom is 0.227 e. The van der Waals surface area contributed by atoms with Crippen LogP contribution in [0.25, 0.3) is 11.5 Å². The molecule has 0 radical (unpaired) electrons. The summed E-state index contributed by atoms with van der Waals surface area (Å²) in [4.78, 5) is 4.34. The van der Waals surface area contributed by atoms with Crippen molar-refractivity contribution in [3.63, 3.8) is 0 Å². The summed E-state index contributed by atoms with van der Waals surface area (Å²) in [5.74, 6) is 1.64. The van der Waals surface area contributed by atoms with Gasteiger partial charge >= 0.3 is 0 Å². The molecule has 0 saturated carbocycles. The summed E-state index contributed by atoms with van der Waals surface area (Å²) >= 11 is 0. The van der Waals surface area contributed by atoms with Gasteiger partial charge in [-0.05, 0) is 30.7 Å². The summed E-state index contributed by atoms with van der Waals surface area (Å²) in [5, 5.41) is 14.1. The van der Waals surface area contributed by atoms with Crippen LogP contribution in [-0.4, -0.2) is 32.1 Å². The summed E-state index contributed by atoms with van der Waals surface area (Å²) < 4.78 is 5.26. The smallest absolute Gasteiger partial charge is 0.227 e. The molecule has 0 aromatic carbocycles. The fourth-order valence-electron chi connectivity index (χ4n) is 2.28. The fourth-order valence-corrected chi connectivity index (χ4v) is 2.28. The summed E-state index contributed by atoms with van der Waals surface area (Å²) in [6.07, 6.45) is 4.32. The molecule has 0 saturated heterocycles. The Kier molecular flexibility index (Phi) is 4.49. The van der Waals surface area contributed by atoms with Crippen molar-refractivity contribution in [1.82, 2.24) is 25.6 Å². The Morgan fingerprint density at radius 1 is 1.35 bits per heavy atom. The minimum absolute atomic E-state index is 0.230. The molecule has 3 N–H and O–H groups in total. The van der Waals surface area contributed by atoms with E-state index in [-0.39, 0.29) is 5.41 Å². The molecule has 0 aliphatic heterocycles. The number of nitrogens with one attached hydrogen (secondary N) is 1. The van der Waals surface area contributed by atoms with Gasteiger partial charge in [-0.25, -0.2) is 0 Å². The van der Waals surface area contributed by atoms with Crippen LogP contribution < -0.4 is 5.73 Å². The number of aryl methyl sites for hydroxylation is 1. The van der Waals surface area contributed by atoms with Crippen molar-refractivity contribution in [2.24, 2.45) is 17.1 Å². The van der Waals surface area contributed by atoms with E-state index in [1.165, 1.54) is 0 Å². The maximum atomic E-state index is 5.69. The summed E-state index contributed by atoms with van der Waals surface area (Å²) in [6, 6.07) is 0. The predicted octanol–water partition coefficient (Wildman–Crippen LogP) is 1.80.